The zero-order chi connectivity index (χ0) is 20.8. The molecule has 1 atom stereocenters. The maximum Gasteiger partial charge on any atom is 0.243 e. The van der Waals surface area contributed by atoms with Gasteiger partial charge >= 0.3 is 0 Å². The van der Waals surface area contributed by atoms with Crippen LogP contribution >= 0.6 is 0 Å². The van der Waals surface area contributed by atoms with Crippen LogP contribution in [-0.4, -0.2) is 90.7 Å². The highest BCUT2D eigenvalue weighted by Crippen LogP contribution is 2.14. The van der Waals surface area contributed by atoms with E-state index in [2.05, 4.69) is 10.6 Å². The van der Waals surface area contributed by atoms with Gasteiger partial charge < -0.3 is 20.4 Å². The number of carbonyl (C=O) groups is 4. The van der Waals surface area contributed by atoms with Crippen LogP contribution in [0.1, 0.15) is 12.0 Å². The molecule has 29 heavy (non-hydrogen) atoms. The highest BCUT2D eigenvalue weighted by Gasteiger charge is 2.35. The summed E-state index contributed by atoms with van der Waals surface area (Å²) >= 11 is 0. The lowest BCUT2D eigenvalue weighted by Gasteiger charge is -2.37. The molecule has 2 aliphatic heterocycles. The molecular formula is C20H27N5O4. The predicted molar refractivity (Wildman–Crippen MR) is 107 cm³/mol. The quantitative estimate of drug-likeness (QED) is 0.622. The fourth-order valence-corrected chi connectivity index (χ4v) is 3.55. The van der Waals surface area contributed by atoms with Crippen LogP contribution in [-0.2, 0) is 19.2 Å². The first kappa shape index (κ1) is 20.8. The summed E-state index contributed by atoms with van der Waals surface area (Å²) in [4.78, 5) is 53.6. The summed E-state index contributed by atoms with van der Waals surface area (Å²) in [6, 6.07) is 6.57. The first-order valence-corrected chi connectivity index (χ1v) is 9.81. The normalized spacial score (nSPS) is 20.2. The van der Waals surface area contributed by atoms with Gasteiger partial charge in [0, 0.05) is 45.0 Å². The Balaban J connectivity index is 1.58. The van der Waals surface area contributed by atoms with Crippen molar-refractivity contribution >= 4 is 29.8 Å². The van der Waals surface area contributed by atoms with Crippen molar-refractivity contribution in [3.05, 3.63) is 29.8 Å². The maximum absolute atomic E-state index is 12.8. The fraction of sp³-hybridized carbons (Fsp3) is 0.500. The number of nitrogens with zero attached hydrogens (tertiary/aromatic N) is 3. The molecule has 1 unspecified atom stereocenters. The van der Waals surface area contributed by atoms with Gasteiger partial charge in [-0.3, -0.25) is 24.1 Å². The van der Waals surface area contributed by atoms with Gasteiger partial charge in [0.05, 0.1) is 13.0 Å². The van der Waals surface area contributed by atoms with E-state index in [4.69, 9.17) is 0 Å². The van der Waals surface area contributed by atoms with Crippen LogP contribution in [0.4, 0.5) is 5.69 Å². The maximum atomic E-state index is 12.8. The number of nitrogens with one attached hydrogen (secondary N) is 2. The second-order valence-corrected chi connectivity index (χ2v) is 7.43. The molecule has 9 heteroatoms. The van der Waals surface area contributed by atoms with Crippen molar-refractivity contribution in [3.63, 3.8) is 0 Å². The standard InChI is InChI=1S/C20H27N5O4/c1-15-2-4-16(5-3-15)22-18(27)12-17-20(29)21-6-7-25(17)19(28)13-23-8-10-24(14-26)11-9-23/h2-5,14,17H,6-13H2,1H3,(H,21,29)(H,22,27). The van der Waals surface area contributed by atoms with E-state index in [0.29, 0.717) is 45.0 Å². The molecule has 0 aliphatic carbocycles. The molecule has 0 spiro atoms. The molecule has 0 aromatic heterocycles. The molecule has 9 nitrogen and oxygen atoms in total. The lowest BCUT2D eigenvalue weighted by atomic mass is 10.1. The highest BCUT2D eigenvalue weighted by atomic mass is 16.2. The predicted octanol–water partition coefficient (Wildman–Crippen LogP) is -0.575. The van der Waals surface area contributed by atoms with Crippen molar-refractivity contribution in [1.82, 2.24) is 20.0 Å². The van der Waals surface area contributed by atoms with Crippen LogP contribution in [0.3, 0.4) is 0 Å². The van der Waals surface area contributed by atoms with Gasteiger partial charge in [-0.1, -0.05) is 17.7 Å². The Kier molecular flexibility index (Phi) is 6.82. The minimum atomic E-state index is -0.821. The minimum absolute atomic E-state index is 0.0929. The second-order valence-electron chi connectivity index (χ2n) is 7.43. The Morgan fingerprint density at radius 1 is 1.14 bits per heavy atom. The van der Waals surface area contributed by atoms with E-state index in [-0.39, 0.29) is 30.7 Å². The summed E-state index contributed by atoms with van der Waals surface area (Å²) in [6.45, 7) is 5.28. The largest absolute Gasteiger partial charge is 0.353 e. The summed E-state index contributed by atoms with van der Waals surface area (Å²) in [5, 5.41) is 5.52. The summed E-state index contributed by atoms with van der Waals surface area (Å²) in [7, 11) is 0. The Labute approximate surface area is 170 Å². The number of hydrogen-bond donors (Lipinski definition) is 2. The van der Waals surface area contributed by atoms with Crippen LogP contribution in [0.15, 0.2) is 24.3 Å². The third-order valence-corrected chi connectivity index (χ3v) is 5.28. The molecule has 1 aromatic carbocycles. The molecule has 156 valence electrons. The minimum Gasteiger partial charge on any atom is -0.353 e. The Morgan fingerprint density at radius 2 is 1.83 bits per heavy atom. The first-order chi connectivity index (χ1) is 14.0. The number of aryl methyl sites for hydroxylation is 1. The number of piperazine rings is 2. The smallest absolute Gasteiger partial charge is 0.243 e. The van der Waals surface area contributed by atoms with Crippen LogP contribution in [0, 0.1) is 6.92 Å². The topological polar surface area (TPSA) is 102 Å². The molecule has 2 fully saturated rings. The molecule has 2 heterocycles. The lowest BCUT2D eigenvalue weighted by Crippen LogP contribution is -2.60. The molecule has 1 aromatic rings. The Morgan fingerprint density at radius 3 is 2.48 bits per heavy atom. The van der Waals surface area contributed by atoms with Crippen molar-refractivity contribution in [3.8, 4) is 0 Å². The molecule has 3 rings (SSSR count). The SMILES string of the molecule is Cc1ccc(NC(=O)CC2C(=O)NCCN2C(=O)CN2CCN(C=O)CC2)cc1. The summed E-state index contributed by atoms with van der Waals surface area (Å²) in [5.41, 5.74) is 1.74. The monoisotopic (exact) mass is 401 g/mol. The summed E-state index contributed by atoms with van der Waals surface area (Å²) in [5.74, 6) is -0.796. The number of anilines is 1. The molecule has 2 N–H and O–H groups in total. The van der Waals surface area contributed by atoms with Crippen LogP contribution in [0.2, 0.25) is 0 Å². The molecule has 0 saturated carbocycles. The number of rotatable bonds is 6. The number of benzene rings is 1. The van der Waals surface area contributed by atoms with E-state index in [9.17, 15) is 19.2 Å². The van der Waals surface area contributed by atoms with Gasteiger partial charge in [-0.05, 0) is 19.1 Å². The van der Waals surface area contributed by atoms with Gasteiger partial charge in [-0.2, -0.15) is 0 Å². The molecular weight excluding hydrogens is 374 g/mol. The third kappa shape index (κ3) is 5.54. The van der Waals surface area contributed by atoms with Gasteiger partial charge in [-0.15, -0.1) is 0 Å². The molecule has 2 saturated heterocycles. The second kappa shape index (κ2) is 9.51. The summed E-state index contributed by atoms with van der Waals surface area (Å²) in [6.07, 6.45) is 0.723. The zero-order valence-corrected chi connectivity index (χ0v) is 16.6. The average Bonchev–Trinajstić information content (AvgIpc) is 2.71. The van der Waals surface area contributed by atoms with Crippen molar-refractivity contribution in [2.75, 3.05) is 51.1 Å². The van der Waals surface area contributed by atoms with Crippen molar-refractivity contribution < 1.29 is 19.2 Å². The van der Waals surface area contributed by atoms with Gasteiger partial charge in [0.25, 0.3) is 0 Å². The number of carbonyl (C=O) groups excluding carboxylic acids is 4. The van der Waals surface area contributed by atoms with Gasteiger partial charge in [-0.25, -0.2) is 0 Å². The highest BCUT2D eigenvalue weighted by molar-refractivity contribution is 5.97. The van der Waals surface area contributed by atoms with E-state index in [0.717, 1.165) is 12.0 Å². The molecule has 4 amide bonds. The Hall–Kier alpha value is -2.94. The van der Waals surface area contributed by atoms with E-state index in [1.54, 1.807) is 17.0 Å². The number of hydrogen-bond acceptors (Lipinski definition) is 5. The van der Waals surface area contributed by atoms with Crippen molar-refractivity contribution in [2.24, 2.45) is 0 Å². The van der Waals surface area contributed by atoms with Gasteiger partial charge in [0.15, 0.2) is 0 Å². The van der Waals surface area contributed by atoms with Crippen LogP contribution in [0.25, 0.3) is 0 Å². The lowest BCUT2D eigenvalue weighted by molar-refractivity contribution is -0.145. The Bertz CT molecular complexity index is 759. The molecule has 2 aliphatic rings. The van der Waals surface area contributed by atoms with Crippen LogP contribution < -0.4 is 10.6 Å². The molecule has 0 bridgehead atoms. The van der Waals surface area contributed by atoms with Gasteiger partial charge in [0.2, 0.25) is 24.1 Å². The van der Waals surface area contributed by atoms with E-state index in [1.165, 1.54) is 4.90 Å². The average molecular weight is 401 g/mol. The first-order valence-electron chi connectivity index (χ1n) is 9.81. The summed E-state index contributed by atoms with van der Waals surface area (Å²) < 4.78 is 0. The van der Waals surface area contributed by atoms with Crippen molar-refractivity contribution in [1.29, 1.82) is 0 Å². The van der Waals surface area contributed by atoms with E-state index >= 15 is 0 Å². The number of amides is 4. The van der Waals surface area contributed by atoms with Crippen LogP contribution in [0.5, 0.6) is 0 Å². The zero-order valence-electron chi connectivity index (χ0n) is 16.6. The van der Waals surface area contributed by atoms with E-state index < -0.39 is 6.04 Å². The molecule has 0 radical (unpaired) electrons. The third-order valence-electron chi connectivity index (χ3n) is 5.28. The fourth-order valence-electron chi connectivity index (χ4n) is 3.55. The van der Waals surface area contributed by atoms with Crippen molar-refractivity contribution in [2.45, 2.75) is 19.4 Å². The van der Waals surface area contributed by atoms with E-state index in [1.807, 2.05) is 24.0 Å². The van der Waals surface area contributed by atoms with Gasteiger partial charge in [0.1, 0.15) is 6.04 Å².